The Balaban J connectivity index is 5.33. The third kappa shape index (κ3) is 7.21. The molecular weight excluding hydrogens is 273 g/mol. The molecule has 0 aliphatic carbocycles. The summed E-state index contributed by atoms with van der Waals surface area (Å²) < 4.78 is 24.6. The molecule has 0 spiro atoms. The Hall–Kier alpha value is 0.110. The first-order chi connectivity index (χ1) is 8.96. The smallest absolute Gasteiger partial charge is 0.307 e. The molecule has 5 heteroatoms. The van der Waals surface area contributed by atoms with Crippen LogP contribution in [0.1, 0.15) is 68.2 Å². The standard InChI is InChI=1S/C15H34NO3P/c1-9-11-18-20(17,19-12-10-2)13(14(3,4)5)16-15(6,7)8/h13,16H,9-12H2,1-8H3. The SMILES string of the molecule is CCCOP(=O)(OCCC)C(NC(C)(C)C)C(C)(C)C. The summed E-state index contributed by atoms with van der Waals surface area (Å²) in [5, 5.41) is 3.44. The normalized spacial score (nSPS) is 15.4. The van der Waals surface area contributed by atoms with Gasteiger partial charge in [-0.05, 0) is 39.0 Å². The van der Waals surface area contributed by atoms with E-state index in [0.29, 0.717) is 13.2 Å². The van der Waals surface area contributed by atoms with Crippen LogP contribution in [0.2, 0.25) is 0 Å². The Kier molecular flexibility index (Phi) is 7.98. The minimum absolute atomic E-state index is 0.154. The highest BCUT2D eigenvalue weighted by atomic mass is 31.2. The molecule has 1 unspecified atom stereocenters. The van der Waals surface area contributed by atoms with E-state index in [4.69, 9.17) is 9.05 Å². The van der Waals surface area contributed by atoms with Crippen molar-refractivity contribution in [1.82, 2.24) is 5.32 Å². The molecule has 0 bridgehead atoms. The lowest BCUT2D eigenvalue weighted by Crippen LogP contribution is -2.50. The van der Waals surface area contributed by atoms with Crippen LogP contribution >= 0.6 is 7.60 Å². The second-order valence-corrected chi connectivity index (χ2v) is 9.48. The first-order valence-corrected chi connectivity index (χ1v) is 9.24. The van der Waals surface area contributed by atoms with Crippen LogP contribution in [-0.4, -0.2) is 24.5 Å². The topological polar surface area (TPSA) is 47.6 Å². The molecule has 0 heterocycles. The first kappa shape index (κ1) is 20.1. The molecule has 0 saturated heterocycles. The lowest BCUT2D eigenvalue weighted by molar-refractivity contribution is 0.160. The summed E-state index contributed by atoms with van der Waals surface area (Å²) >= 11 is 0. The molecular formula is C15H34NO3P. The van der Waals surface area contributed by atoms with Crippen molar-refractivity contribution >= 4 is 7.60 Å². The number of hydrogen-bond acceptors (Lipinski definition) is 4. The average Bonchev–Trinajstić information content (AvgIpc) is 2.28. The predicted octanol–water partition coefficient (Wildman–Crippen LogP) is 4.79. The molecule has 0 saturated carbocycles. The van der Waals surface area contributed by atoms with Crippen molar-refractivity contribution < 1.29 is 13.6 Å². The summed E-state index contributed by atoms with van der Waals surface area (Å²) in [5.41, 5.74) is -0.372. The van der Waals surface area contributed by atoms with Gasteiger partial charge < -0.3 is 9.05 Å². The maximum atomic E-state index is 13.2. The summed E-state index contributed by atoms with van der Waals surface area (Å²) in [5.74, 6) is -0.326. The van der Waals surface area contributed by atoms with Gasteiger partial charge in [-0.15, -0.1) is 0 Å². The van der Waals surface area contributed by atoms with E-state index >= 15 is 0 Å². The minimum atomic E-state index is -3.19. The van der Waals surface area contributed by atoms with Gasteiger partial charge in [0.05, 0.1) is 13.2 Å². The maximum absolute atomic E-state index is 13.2. The number of rotatable bonds is 8. The molecule has 0 fully saturated rings. The van der Waals surface area contributed by atoms with Crippen LogP contribution in [0.3, 0.4) is 0 Å². The van der Waals surface area contributed by atoms with Gasteiger partial charge in [0.25, 0.3) is 0 Å². The van der Waals surface area contributed by atoms with E-state index in [-0.39, 0.29) is 16.7 Å². The molecule has 0 aliphatic heterocycles. The molecule has 0 radical (unpaired) electrons. The van der Waals surface area contributed by atoms with Crippen molar-refractivity contribution in [3.63, 3.8) is 0 Å². The van der Waals surface area contributed by atoms with Crippen LogP contribution in [0.4, 0.5) is 0 Å². The fourth-order valence-corrected chi connectivity index (χ4v) is 4.54. The summed E-state index contributed by atoms with van der Waals surface area (Å²) in [4.78, 5) is 0. The van der Waals surface area contributed by atoms with Gasteiger partial charge in [-0.3, -0.25) is 9.88 Å². The largest absolute Gasteiger partial charge is 0.347 e. The monoisotopic (exact) mass is 307 g/mol. The van der Waals surface area contributed by atoms with Gasteiger partial charge in [0.1, 0.15) is 5.78 Å². The summed E-state index contributed by atoms with van der Waals surface area (Å²) in [7, 11) is -3.19. The quantitative estimate of drug-likeness (QED) is 0.655. The van der Waals surface area contributed by atoms with E-state index in [1.165, 1.54) is 0 Å². The molecule has 20 heavy (non-hydrogen) atoms. The fraction of sp³-hybridized carbons (Fsp3) is 1.00. The van der Waals surface area contributed by atoms with Crippen LogP contribution in [0.25, 0.3) is 0 Å². The van der Waals surface area contributed by atoms with Crippen molar-refractivity contribution in [3.8, 4) is 0 Å². The third-order valence-corrected chi connectivity index (χ3v) is 5.28. The average molecular weight is 307 g/mol. The number of nitrogens with one attached hydrogen (secondary N) is 1. The van der Waals surface area contributed by atoms with Crippen LogP contribution in [0, 0.1) is 5.41 Å². The van der Waals surface area contributed by atoms with Gasteiger partial charge in [-0.25, -0.2) is 0 Å². The zero-order valence-corrected chi connectivity index (χ0v) is 15.5. The van der Waals surface area contributed by atoms with Crippen molar-refractivity contribution in [3.05, 3.63) is 0 Å². The lowest BCUT2D eigenvalue weighted by atomic mass is 9.94. The van der Waals surface area contributed by atoms with E-state index < -0.39 is 7.60 Å². The first-order valence-electron chi connectivity index (χ1n) is 7.62. The second kappa shape index (κ2) is 7.93. The predicted molar refractivity (Wildman–Crippen MR) is 86.2 cm³/mol. The molecule has 1 N–H and O–H groups in total. The molecule has 0 rings (SSSR count). The van der Waals surface area contributed by atoms with Gasteiger partial charge in [0.2, 0.25) is 0 Å². The van der Waals surface area contributed by atoms with Gasteiger partial charge >= 0.3 is 7.60 Å². The Morgan fingerprint density at radius 3 is 1.60 bits per heavy atom. The second-order valence-electron chi connectivity index (χ2n) is 7.37. The molecule has 0 aromatic heterocycles. The summed E-state index contributed by atoms with van der Waals surface area (Å²) in [6.07, 6.45) is 1.65. The van der Waals surface area contributed by atoms with Gasteiger partial charge in [-0.2, -0.15) is 0 Å². The zero-order valence-electron chi connectivity index (χ0n) is 14.6. The van der Waals surface area contributed by atoms with Crippen LogP contribution in [0.5, 0.6) is 0 Å². The van der Waals surface area contributed by atoms with Crippen molar-refractivity contribution in [2.45, 2.75) is 79.6 Å². The highest BCUT2D eigenvalue weighted by molar-refractivity contribution is 7.54. The summed E-state index contributed by atoms with van der Waals surface area (Å²) in [6, 6.07) is 0. The van der Waals surface area contributed by atoms with E-state index in [1.54, 1.807) is 0 Å². The highest BCUT2D eigenvalue weighted by Crippen LogP contribution is 2.58. The molecule has 1 atom stereocenters. The van der Waals surface area contributed by atoms with Gasteiger partial charge in [-0.1, -0.05) is 34.6 Å². The Labute approximate surface area is 125 Å². The van der Waals surface area contributed by atoms with Crippen LogP contribution < -0.4 is 5.32 Å². The van der Waals surface area contributed by atoms with Gasteiger partial charge in [0.15, 0.2) is 0 Å². The molecule has 0 aliphatic rings. The molecule has 0 aromatic rings. The van der Waals surface area contributed by atoms with Crippen molar-refractivity contribution in [1.29, 1.82) is 0 Å². The van der Waals surface area contributed by atoms with Gasteiger partial charge in [0, 0.05) is 5.54 Å². The van der Waals surface area contributed by atoms with E-state index in [9.17, 15) is 4.57 Å². The van der Waals surface area contributed by atoms with Crippen LogP contribution in [-0.2, 0) is 13.6 Å². The van der Waals surface area contributed by atoms with Crippen molar-refractivity contribution in [2.24, 2.45) is 5.41 Å². The third-order valence-electron chi connectivity index (χ3n) is 2.66. The minimum Gasteiger partial charge on any atom is -0.307 e. The van der Waals surface area contributed by atoms with E-state index in [2.05, 4.69) is 46.9 Å². The highest BCUT2D eigenvalue weighted by Gasteiger charge is 2.45. The molecule has 0 aromatic carbocycles. The van der Waals surface area contributed by atoms with Crippen LogP contribution in [0.15, 0.2) is 0 Å². The Bertz CT molecular complexity index is 306. The lowest BCUT2D eigenvalue weighted by Gasteiger charge is -2.40. The molecule has 122 valence electrons. The number of hydrogen-bond donors (Lipinski definition) is 1. The van der Waals surface area contributed by atoms with E-state index in [0.717, 1.165) is 12.8 Å². The zero-order chi connectivity index (χ0) is 16.0. The molecule has 4 nitrogen and oxygen atoms in total. The maximum Gasteiger partial charge on any atom is 0.347 e. The van der Waals surface area contributed by atoms with E-state index in [1.807, 2.05) is 13.8 Å². The summed E-state index contributed by atoms with van der Waals surface area (Å²) in [6.45, 7) is 17.3. The molecule has 0 amide bonds. The fourth-order valence-electron chi connectivity index (χ4n) is 1.80. The van der Waals surface area contributed by atoms with Crippen molar-refractivity contribution in [2.75, 3.05) is 13.2 Å². The Morgan fingerprint density at radius 1 is 0.950 bits per heavy atom. The Morgan fingerprint density at radius 2 is 1.35 bits per heavy atom.